The second-order valence-corrected chi connectivity index (χ2v) is 10.1. The average molecular weight is 435 g/mol. The fraction of sp³-hybridized carbons (Fsp3) is 0.571. The van der Waals surface area contributed by atoms with Gasteiger partial charge in [-0.1, -0.05) is 0 Å². The lowest BCUT2D eigenvalue weighted by molar-refractivity contribution is 0.256. The van der Waals surface area contributed by atoms with E-state index in [0.29, 0.717) is 37.1 Å². The molecule has 0 N–H and O–H groups in total. The SMILES string of the molecule is COc1cc2nccc(N3CCC(CN4CCCN(C)S4(=O)=O)CC3)c2cc1OC. The van der Waals surface area contributed by atoms with Crippen molar-refractivity contribution in [2.75, 3.05) is 58.9 Å². The Morgan fingerprint density at radius 1 is 1.07 bits per heavy atom. The summed E-state index contributed by atoms with van der Waals surface area (Å²) in [6.45, 7) is 3.64. The normalized spacial score (nSPS) is 21.1. The van der Waals surface area contributed by atoms with Gasteiger partial charge in [-0.05, 0) is 37.3 Å². The molecule has 3 heterocycles. The van der Waals surface area contributed by atoms with E-state index in [4.69, 9.17) is 9.47 Å². The number of methoxy groups -OCH3 is 2. The van der Waals surface area contributed by atoms with Crippen molar-refractivity contribution in [1.29, 1.82) is 0 Å². The van der Waals surface area contributed by atoms with Gasteiger partial charge < -0.3 is 14.4 Å². The molecule has 9 heteroatoms. The molecule has 2 fully saturated rings. The summed E-state index contributed by atoms with van der Waals surface area (Å²) >= 11 is 0. The van der Waals surface area contributed by atoms with Crippen LogP contribution in [0.5, 0.6) is 11.5 Å². The van der Waals surface area contributed by atoms with Gasteiger partial charge in [0.05, 0.1) is 19.7 Å². The Balaban J connectivity index is 1.48. The maximum absolute atomic E-state index is 12.5. The first kappa shape index (κ1) is 21.1. The lowest BCUT2D eigenvalue weighted by Gasteiger charge is -2.38. The van der Waals surface area contributed by atoms with Crippen LogP contribution in [0.25, 0.3) is 10.9 Å². The largest absolute Gasteiger partial charge is 0.493 e. The van der Waals surface area contributed by atoms with Crippen LogP contribution >= 0.6 is 0 Å². The number of anilines is 1. The highest BCUT2D eigenvalue weighted by atomic mass is 32.2. The highest BCUT2D eigenvalue weighted by Crippen LogP contribution is 2.37. The minimum absolute atomic E-state index is 0.380. The minimum Gasteiger partial charge on any atom is -0.493 e. The molecule has 2 aromatic rings. The third-order valence-corrected chi connectivity index (χ3v) is 8.20. The van der Waals surface area contributed by atoms with Crippen molar-refractivity contribution in [3.05, 3.63) is 24.4 Å². The number of nitrogens with zero attached hydrogens (tertiary/aromatic N) is 4. The van der Waals surface area contributed by atoms with Crippen LogP contribution in [-0.2, 0) is 10.2 Å². The van der Waals surface area contributed by atoms with Crippen molar-refractivity contribution in [2.45, 2.75) is 19.3 Å². The number of benzene rings is 1. The molecular weight excluding hydrogens is 404 g/mol. The van der Waals surface area contributed by atoms with Crippen LogP contribution in [0.4, 0.5) is 5.69 Å². The molecule has 2 aliphatic rings. The lowest BCUT2D eigenvalue weighted by Crippen LogP contribution is -2.50. The van der Waals surface area contributed by atoms with E-state index in [-0.39, 0.29) is 0 Å². The summed E-state index contributed by atoms with van der Waals surface area (Å²) in [5.74, 6) is 1.74. The van der Waals surface area contributed by atoms with Crippen molar-refractivity contribution >= 4 is 26.8 Å². The molecule has 0 amide bonds. The van der Waals surface area contributed by atoms with Crippen LogP contribution < -0.4 is 14.4 Å². The summed E-state index contributed by atoms with van der Waals surface area (Å²) in [5.41, 5.74) is 2.00. The molecule has 2 aliphatic heterocycles. The molecule has 30 heavy (non-hydrogen) atoms. The Morgan fingerprint density at radius 3 is 2.47 bits per heavy atom. The molecule has 0 spiro atoms. The maximum Gasteiger partial charge on any atom is 0.281 e. The van der Waals surface area contributed by atoms with Gasteiger partial charge in [0.25, 0.3) is 10.2 Å². The molecule has 0 radical (unpaired) electrons. The second kappa shape index (κ2) is 8.56. The van der Waals surface area contributed by atoms with Crippen molar-refractivity contribution in [1.82, 2.24) is 13.6 Å². The number of rotatable bonds is 5. The molecule has 0 bridgehead atoms. The van der Waals surface area contributed by atoms with Gasteiger partial charge in [0, 0.05) is 63.1 Å². The minimum atomic E-state index is -3.29. The van der Waals surface area contributed by atoms with Gasteiger partial charge >= 0.3 is 0 Å². The first-order valence-corrected chi connectivity index (χ1v) is 11.8. The van der Waals surface area contributed by atoms with E-state index in [1.54, 1.807) is 25.6 Å². The average Bonchev–Trinajstić information content (AvgIpc) is 2.76. The predicted octanol–water partition coefficient (Wildman–Crippen LogP) is 2.35. The van der Waals surface area contributed by atoms with Crippen LogP contribution in [0.1, 0.15) is 19.3 Å². The number of aromatic nitrogens is 1. The maximum atomic E-state index is 12.5. The molecular formula is C21H30N4O4S. The molecule has 0 atom stereocenters. The monoisotopic (exact) mass is 434 g/mol. The van der Waals surface area contributed by atoms with Gasteiger partial charge in [-0.3, -0.25) is 4.98 Å². The molecule has 2 saturated heterocycles. The highest BCUT2D eigenvalue weighted by Gasteiger charge is 2.33. The van der Waals surface area contributed by atoms with Gasteiger partial charge in [-0.2, -0.15) is 17.0 Å². The first-order valence-electron chi connectivity index (χ1n) is 10.4. The van der Waals surface area contributed by atoms with Crippen molar-refractivity contribution < 1.29 is 17.9 Å². The van der Waals surface area contributed by atoms with E-state index in [0.717, 1.165) is 48.9 Å². The zero-order valence-corrected chi connectivity index (χ0v) is 18.7. The van der Waals surface area contributed by atoms with Gasteiger partial charge in [-0.15, -0.1) is 0 Å². The van der Waals surface area contributed by atoms with Crippen LogP contribution in [-0.4, -0.2) is 76.0 Å². The second-order valence-electron chi connectivity index (χ2n) is 8.03. The van der Waals surface area contributed by atoms with E-state index >= 15 is 0 Å². The predicted molar refractivity (Wildman–Crippen MR) is 118 cm³/mol. The number of ether oxygens (including phenoxy) is 2. The van der Waals surface area contributed by atoms with Crippen molar-refractivity contribution in [2.24, 2.45) is 5.92 Å². The van der Waals surface area contributed by atoms with Crippen LogP contribution in [0.15, 0.2) is 24.4 Å². The van der Waals surface area contributed by atoms with Gasteiger partial charge in [0.1, 0.15) is 0 Å². The molecule has 164 valence electrons. The number of pyridine rings is 1. The standard InChI is InChI=1S/C21H30N4O4S/c1-23-9-4-10-25(30(23,26)27)15-16-6-11-24(12-7-16)19-5-8-22-18-14-21(29-3)20(28-2)13-17(18)19/h5,8,13-14,16H,4,6-7,9-12,15H2,1-3H3. The first-order chi connectivity index (χ1) is 14.4. The lowest BCUT2D eigenvalue weighted by atomic mass is 9.96. The van der Waals surface area contributed by atoms with Crippen molar-refractivity contribution in [3.8, 4) is 11.5 Å². The molecule has 0 unspecified atom stereocenters. The molecule has 1 aromatic heterocycles. The summed E-state index contributed by atoms with van der Waals surface area (Å²) < 4.78 is 39.1. The van der Waals surface area contributed by atoms with Crippen molar-refractivity contribution in [3.63, 3.8) is 0 Å². The smallest absolute Gasteiger partial charge is 0.281 e. The van der Waals surface area contributed by atoms with Gasteiger partial charge in [-0.25, -0.2) is 0 Å². The zero-order valence-electron chi connectivity index (χ0n) is 17.9. The Morgan fingerprint density at radius 2 is 1.77 bits per heavy atom. The third kappa shape index (κ3) is 3.93. The van der Waals surface area contributed by atoms with Gasteiger partial charge in [0.2, 0.25) is 0 Å². The molecule has 8 nitrogen and oxygen atoms in total. The fourth-order valence-electron chi connectivity index (χ4n) is 4.46. The quantitative estimate of drug-likeness (QED) is 0.719. The summed E-state index contributed by atoms with van der Waals surface area (Å²) in [5, 5.41) is 1.04. The van der Waals surface area contributed by atoms with Crippen LogP contribution in [0.3, 0.4) is 0 Å². The number of hydrogen-bond donors (Lipinski definition) is 0. The Bertz CT molecular complexity index is 1010. The number of fused-ring (bicyclic) bond motifs is 1. The van der Waals surface area contributed by atoms with Gasteiger partial charge in [0.15, 0.2) is 11.5 Å². The molecule has 0 saturated carbocycles. The summed E-state index contributed by atoms with van der Waals surface area (Å²) in [4.78, 5) is 6.86. The van der Waals surface area contributed by atoms with Crippen LogP contribution in [0.2, 0.25) is 0 Å². The number of piperidine rings is 1. The third-order valence-electron chi connectivity index (χ3n) is 6.24. The van der Waals surface area contributed by atoms with E-state index < -0.39 is 10.2 Å². The topological polar surface area (TPSA) is 75.2 Å². The van der Waals surface area contributed by atoms with Crippen LogP contribution in [0, 0.1) is 5.92 Å². The molecule has 0 aliphatic carbocycles. The Kier molecular flexibility index (Phi) is 6.04. The van der Waals surface area contributed by atoms with E-state index in [1.807, 2.05) is 24.4 Å². The molecule has 4 rings (SSSR count). The summed E-state index contributed by atoms with van der Waals surface area (Å²) in [7, 11) is 1.64. The zero-order chi connectivity index (χ0) is 21.3. The summed E-state index contributed by atoms with van der Waals surface area (Å²) in [6, 6.07) is 5.93. The highest BCUT2D eigenvalue weighted by molar-refractivity contribution is 7.86. The fourth-order valence-corrected chi connectivity index (χ4v) is 5.97. The van der Waals surface area contributed by atoms with E-state index in [2.05, 4.69) is 9.88 Å². The van der Waals surface area contributed by atoms with E-state index in [9.17, 15) is 8.42 Å². The number of hydrogen-bond acceptors (Lipinski definition) is 6. The Hall–Kier alpha value is -2.10. The van der Waals surface area contributed by atoms with E-state index in [1.165, 1.54) is 4.31 Å². The molecule has 1 aromatic carbocycles. The Labute approximate surface area is 178 Å². The summed E-state index contributed by atoms with van der Waals surface area (Å²) in [6.07, 6.45) is 4.65.